The number of nitrogens with zero attached hydrogens (tertiary/aromatic N) is 3. The second-order valence-corrected chi connectivity index (χ2v) is 4.84. The van der Waals surface area contributed by atoms with Crippen LogP contribution in [0.4, 0.5) is 11.6 Å². The molecular weight excluding hydrogens is 266 g/mol. The minimum Gasteiger partial charge on any atom is -0.397 e. The Hall–Kier alpha value is -2.08. The molecule has 3 N–H and O–H groups in total. The normalized spacial score (nSPS) is 14.4. The molecule has 1 aliphatic rings. The highest BCUT2D eigenvalue weighted by Crippen LogP contribution is 2.37. The molecule has 2 aromatic rings. The third-order valence-electron chi connectivity index (χ3n) is 2.89. The number of carbonyl (C=O) groups excluding carboxylic acids is 1. The molecule has 0 saturated heterocycles. The fourth-order valence-corrected chi connectivity index (χ4v) is 2.04. The Morgan fingerprint density at radius 2 is 2.32 bits per heavy atom. The number of rotatable bonds is 3. The molecule has 0 atom stereocenters. The third-order valence-corrected chi connectivity index (χ3v) is 3.10. The predicted molar refractivity (Wildman–Crippen MR) is 72.1 cm³/mol. The van der Waals surface area contributed by atoms with Crippen molar-refractivity contribution in [2.75, 3.05) is 11.1 Å². The summed E-state index contributed by atoms with van der Waals surface area (Å²) in [7, 11) is 0. The summed E-state index contributed by atoms with van der Waals surface area (Å²) >= 11 is 5.74. The Bertz CT molecular complexity index is 635. The van der Waals surface area contributed by atoms with Crippen molar-refractivity contribution in [3.63, 3.8) is 0 Å². The maximum absolute atomic E-state index is 12.2. The summed E-state index contributed by atoms with van der Waals surface area (Å²) in [6.45, 7) is 0. The van der Waals surface area contributed by atoms with E-state index in [9.17, 15) is 4.79 Å². The van der Waals surface area contributed by atoms with Gasteiger partial charge in [-0.3, -0.25) is 10.1 Å². The maximum Gasteiger partial charge on any atom is 0.274 e. The van der Waals surface area contributed by atoms with Crippen LogP contribution in [0, 0.1) is 0 Å². The van der Waals surface area contributed by atoms with E-state index in [-0.39, 0.29) is 17.0 Å². The Morgan fingerprint density at radius 3 is 3.00 bits per heavy atom. The van der Waals surface area contributed by atoms with Gasteiger partial charge in [-0.2, -0.15) is 0 Å². The van der Waals surface area contributed by atoms with Crippen molar-refractivity contribution < 1.29 is 4.79 Å². The van der Waals surface area contributed by atoms with Crippen molar-refractivity contribution >= 4 is 29.1 Å². The van der Waals surface area contributed by atoms with Gasteiger partial charge in [0.1, 0.15) is 10.8 Å². The van der Waals surface area contributed by atoms with Crippen LogP contribution in [0.25, 0.3) is 0 Å². The smallest absolute Gasteiger partial charge is 0.274 e. The molecule has 1 fully saturated rings. The van der Waals surface area contributed by atoms with Crippen LogP contribution in [-0.2, 0) is 0 Å². The van der Waals surface area contributed by atoms with Crippen molar-refractivity contribution in [1.29, 1.82) is 0 Å². The molecule has 1 aliphatic carbocycles. The molecule has 7 heteroatoms. The van der Waals surface area contributed by atoms with E-state index in [4.69, 9.17) is 17.3 Å². The Morgan fingerprint density at radius 1 is 1.53 bits per heavy atom. The van der Waals surface area contributed by atoms with Crippen molar-refractivity contribution in [2.24, 2.45) is 0 Å². The van der Waals surface area contributed by atoms with Crippen LogP contribution >= 0.6 is 11.6 Å². The molecule has 0 radical (unpaired) electrons. The van der Waals surface area contributed by atoms with Gasteiger partial charge in [-0.1, -0.05) is 11.6 Å². The first-order chi connectivity index (χ1) is 9.13. The molecule has 0 aliphatic heterocycles. The number of carbonyl (C=O) groups is 1. The molecule has 3 rings (SSSR count). The first kappa shape index (κ1) is 12.0. The van der Waals surface area contributed by atoms with E-state index in [1.165, 1.54) is 6.20 Å². The minimum atomic E-state index is -0.286. The highest BCUT2D eigenvalue weighted by atomic mass is 35.5. The predicted octanol–water partition coefficient (Wildman–Crippen LogP) is 2.10. The van der Waals surface area contributed by atoms with Gasteiger partial charge in [-0.05, 0) is 25.0 Å². The third kappa shape index (κ3) is 2.53. The fourth-order valence-electron chi connectivity index (χ4n) is 1.90. The van der Waals surface area contributed by atoms with Gasteiger partial charge >= 0.3 is 0 Å². The Balaban J connectivity index is 1.84. The van der Waals surface area contributed by atoms with E-state index in [0.717, 1.165) is 12.8 Å². The topological polar surface area (TPSA) is 85.8 Å². The van der Waals surface area contributed by atoms with Gasteiger partial charge in [0.15, 0.2) is 0 Å². The number of anilines is 2. The van der Waals surface area contributed by atoms with Crippen molar-refractivity contribution in [3.8, 4) is 0 Å². The average Bonchev–Trinajstić information content (AvgIpc) is 3.12. The van der Waals surface area contributed by atoms with Gasteiger partial charge in [-0.15, -0.1) is 0 Å². The first-order valence-electron chi connectivity index (χ1n) is 5.91. The molecular formula is C12H12ClN5O. The van der Waals surface area contributed by atoms with Crippen LogP contribution in [0.1, 0.15) is 29.4 Å². The van der Waals surface area contributed by atoms with Gasteiger partial charge < -0.3 is 10.3 Å². The van der Waals surface area contributed by atoms with Gasteiger partial charge in [0.25, 0.3) is 5.91 Å². The molecule has 19 heavy (non-hydrogen) atoms. The van der Waals surface area contributed by atoms with Gasteiger partial charge in [0.2, 0.25) is 5.95 Å². The Kier molecular flexibility index (Phi) is 2.87. The van der Waals surface area contributed by atoms with Crippen molar-refractivity contribution in [2.45, 2.75) is 18.9 Å². The number of hydrogen-bond donors (Lipinski definition) is 2. The van der Waals surface area contributed by atoms with Gasteiger partial charge in [0.05, 0.1) is 5.69 Å². The molecule has 1 amide bonds. The van der Waals surface area contributed by atoms with Crippen LogP contribution in [0.2, 0.25) is 5.15 Å². The largest absolute Gasteiger partial charge is 0.397 e. The number of aromatic nitrogens is 3. The lowest BCUT2D eigenvalue weighted by Crippen LogP contribution is -2.17. The van der Waals surface area contributed by atoms with E-state index < -0.39 is 0 Å². The zero-order chi connectivity index (χ0) is 13.4. The lowest BCUT2D eigenvalue weighted by atomic mass is 10.4. The van der Waals surface area contributed by atoms with Gasteiger partial charge in [0, 0.05) is 18.4 Å². The van der Waals surface area contributed by atoms with E-state index >= 15 is 0 Å². The summed E-state index contributed by atoms with van der Waals surface area (Å²) in [6, 6.07) is 3.57. The molecule has 0 unspecified atom stereocenters. The number of nitrogen functional groups attached to an aromatic ring is 1. The van der Waals surface area contributed by atoms with Crippen molar-refractivity contribution in [3.05, 3.63) is 35.4 Å². The first-order valence-corrected chi connectivity index (χ1v) is 6.28. The summed E-state index contributed by atoms with van der Waals surface area (Å²) in [4.78, 5) is 20.0. The summed E-state index contributed by atoms with van der Waals surface area (Å²) < 4.78 is 1.90. The maximum atomic E-state index is 12.2. The molecule has 2 heterocycles. The van der Waals surface area contributed by atoms with Crippen molar-refractivity contribution in [1.82, 2.24) is 14.5 Å². The second kappa shape index (κ2) is 4.55. The van der Waals surface area contributed by atoms with E-state index in [1.54, 1.807) is 18.3 Å². The number of nitrogens with two attached hydrogens (primary N) is 1. The van der Waals surface area contributed by atoms with Crippen LogP contribution < -0.4 is 11.1 Å². The highest BCUT2D eigenvalue weighted by molar-refractivity contribution is 6.29. The van der Waals surface area contributed by atoms with Crippen LogP contribution in [-0.4, -0.2) is 20.4 Å². The quantitative estimate of drug-likeness (QED) is 0.841. The van der Waals surface area contributed by atoms with Crippen LogP contribution in [0.3, 0.4) is 0 Å². The molecule has 6 nitrogen and oxygen atoms in total. The molecule has 1 saturated carbocycles. The summed E-state index contributed by atoms with van der Waals surface area (Å²) in [5.74, 6) is -0.106. The van der Waals surface area contributed by atoms with E-state index in [2.05, 4.69) is 15.3 Å². The molecule has 0 aromatic carbocycles. The van der Waals surface area contributed by atoms with Gasteiger partial charge in [-0.25, -0.2) is 9.97 Å². The molecule has 98 valence electrons. The van der Waals surface area contributed by atoms with E-state index in [1.807, 2.05) is 4.57 Å². The minimum absolute atomic E-state index is 0.180. The lowest BCUT2D eigenvalue weighted by Gasteiger charge is -2.07. The number of nitrogens with one attached hydrogen (secondary N) is 1. The second-order valence-electron chi connectivity index (χ2n) is 4.45. The zero-order valence-electron chi connectivity index (χ0n) is 10.0. The molecule has 0 bridgehead atoms. The standard InChI is InChI=1S/C12H12ClN5O/c13-10-3-4-15-12(16-10)17-11(19)9-5-7(14)6-18(9)8-1-2-8/h3-6,8H,1-2,14H2,(H,15,16,17,19). The van der Waals surface area contributed by atoms with E-state index in [0.29, 0.717) is 17.4 Å². The number of hydrogen-bond acceptors (Lipinski definition) is 4. The number of halogens is 1. The monoisotopic (exact) mass is 277 g/mol. The SMILES string of the molecule is Nc1cc(C(=O)Nc2nccc(Cl)n2)n(C2CC2)c1. The molecule has 2 aromatic heterocycles. The molecule has 0 spiro atoms. The fraction of sp³-hybridized carbons (Fsp3) is 0.250. The zero-order valence-corrected chi connectivity index (χ0v) is 10.8. The summed E-state index contributed by atoms with van der Waals surface area (Å²) in [6.07, 6.45) is 5.41. The highest BCUT2D eigenvalue weighted by Gasteiger charge is 2.27. The lowest BCUT2D eigenvalue weighted by molar-refractivity contribution is 0.101. The van der Waals surface area contributed by atoms with Crippen LogP contribution in [0.15, 0.2) is 24.5 Å². The number of amides is 1. The van der Waals surface area contributed by atoms with Crippen LogP contribution in [0.5, 0.6) is 0 Å². The Labute approximate surface area is 114 Å². The summed E-state index contributed by atoms with van der Waals surface area (Å²) in [5, 5.41) is 2.89. The average molecular weight is 278 g/mol. The summed E-state index contributed by atoms with van der Waals surface area (Å²) in [5.41, 5.74) is 6.84.